The molecule has 0 unspecified atom stereocenters. The highest BCUT2D eigenvalue weighted by Crippen LogP contribution is 2.33. The first-order chi connectivity index (χ1) is 10.3. The average molecular weight is 319 g/mol. The highest BCUT2D eigenvalue weighted by Gasteiger charge is 2.33. The summed E-state index contributed by atoms with van der Waals surface area (Å²) in [5.41, 5.74) is 0.228. The Balaban J connectivity index is 2.29. The van der Waals surface area contributed by atoms with Crippen molar-refractivity contribution in [1.82, 2.24) is 0 Å². The lowest BCUT2D eigenvalue weighted by Crippen LogP contribution is -2.21. The van der Waals surface area contributed by atoms with Crippen LogP contribution in [0.2, 0.25) is 0 Å². The fourth-order valence-electron chi connectivity index (χ4n) is 1.80. The van der Waals surface area contributed by atoms with Gasteiger partial charge in [-0.15, -0.1) is 13.2 Å². The van der Waals surface area contributed by atoms with Gasteiger partial charge in [0.1, 0.15) is 6.61 Å². The molecule has 0 spiro atoms. The van der Waals surface area contributed by atoms with Crippen LogP contribution >= 0.6 is 0 Å². The Hall–Kier alpha value is -2.45. The zero-order valence-corrected chi connectivity index (χ0v) is 11.6. The van der Waals surface area contributed by atoms with Crippen molar-refractivity contribution >= 4 is 11.9 Å². The van der Waals surface area contributed by atoms with Crippen LogP contribution in [-0.4, -0.2) is 45.1 Å². The number of methoxy groups -OCH3 is 2. The molecule has 1 atom stereocenters. The predicted molar refractivity (Wildman–Crippen MR) is 68.0 cm³/mol. The van der Waals surface area contributed by atoms with Gasteiger partial charge >= 0.3 is 12.3 Å². The van der Waals surface area contributed by atoms with Crippen LogP contribution < -0.4 is 9.47 Å². The summed E-state index contributed by atoms with van der Waals surface area (Å²) in [7, 11) is 2.42. The number of aliphatic imine (C=N–C) groups is 1. The van der Waals surface area contributed by atoms with Gasteiger partial charge in [-0.3, -0.25) is 0 Å². The number of hydrogen-bond acceptors (Lipinski definition) is 6. The maximum atomic E-state index is 12.4. The average Bonchev–Trinajstić information content (AvgIpc) is 2.94. The van der Waals surface area contributed by atoms with E-state index in [0.29, 0.717) is 0 Å². The van der Waals surface area contributed by atoms with E-state index in [1.807, 2.05) is 0 Å². The lowest BCUT2D eigenvalue weighted by molar-refractivity contribution is -0.275. The second-order valence-electron chi connectivity index (χ2n) is 4.20. The Kier molecular flexibility index (Phi) is 4.43. The molecule has 1 aliphatic heterocycles. The molecule has 0 radical (unpaired) electrons. The molecule has 0 saturated heterocycles. The molecule has 2 rings (SSSR count). The van der Waals surface area contributed by atoms with Crippen LogP contribution in [0.3, 0.4) is 0 Å². The van der Waals surface area contributed by atoms with Gasteiger partial charge in [0.15, 0.2) is 17.5 Å². The standard InChI is InChI=1S/C13H12F3NO5/c1-19-9-4-3-7(5-10(9)22-13(14,15)16)11-17-8(6-21-11)12(18)20-2/h3-5,8H,6H2,1-2H3/t8-/m1/s1. The molecule has 0 saturated carbocycles. The molecule has 1 aromatic rings. The Bertz CT molecular complexity index is 600. The van der Waals surface area contributed by atoms with Crippen molar-refractivity contribution < 1.29 is 36.9 Å². The Morgan fingerprint density at radius 1 is 1.32 bits per heavy atom. The molecule has 0 aliphatic carbocycles. The monoisotopic (exact) mass is 319 g/mol. The van der Waals surface area contributed by atoms with Crippen LogP contribution in [0.25, 0.3) is 0 Å². The quantitative estimate of drug-likeness (QED) is 0.793. The maximum absolute atomic E-state index is 12.4. The number of esters is 1. The van der Waals surface area contributed by atoms with Crippen molar-refractivity contribution in [1.29, 1.82) is 0 Å². The Labute approximate surface area is 123 Å². The van der Waals surface area contributed by atoms with Crippen molar-refractivity contribution in [2.75, 3.05) is 20.8 Å². The van der Waals surface area contributed by atoms with Crippen molar-refractivity contribution in [3.63, 3.8) is 0 Å². The summed E-state index contributed by atoms with van der Waals surface area (Å²) >= 11 is 0. The maximum Gasteiger partial charge on any atom is 0.573 e. The number of benzene rings is 1. The van der Waals surface area contributed by atoms with E-state index in [-0.39, 0.29) is 23.8 Å². The Morgan fingerprint density at radius 3 is 2.64 bits per heavy atom. The molecule has 1 heterocycles. The van der Waals surface area contributed by atoms with Gasteiger partial charge in [0, 0.05) is 5.56 Å². The smallest absolute Gasteiger partial charge is 0.493 e. The third-order valence-electron chi connectivity index (χ3n) is 2.76. The van der Waals surface area contributed by atoms with Crippen molar-refractivity contribution in [3.8, 4) is 11.5 Å². The molecule has 1 aromatic carbocycles. The molecule has 0 aromatic heterocycles. The van der Waals surface area contributed by atoms with Crippen LogP contribution in [0.1, 0.15) is 5.56 Å². The van der Waals surface area contributed by atoms with Crippen LogP contribution in [0.4, 0.5) is 13.2 Å². The molecule has 0 fully saturated rings. The summed E-state index contributed by atoms with van der Waals surface area (Å²) in [5.74, 6) is -1.18. The summed E-state index contributed by atoms with van der Waals surface area (Å²) < 4.78 is 55.6. The summed E-state index contributed by atoms with van der Waals surface area (Å²) in [6.07, 6.45) is -4.86. The normalized spacial score (nSPS) is 17.5. The number of carbonyl (C=O) groups excluding carboxylic acids is 1. The number of alkyl halides is 3. The van der Waals surface area contributed by atoms with Gasteiger partial charge < -0.3 is 18.9 Å². The Morgan fingerprint density at radius 2 is 2.05 bits per heavy atom. The van der Waals surface area contributed by atoms with E-state index < -0.39 is 24.1 Å². The first kappa shape index (κ1) is 15.9. The fourth-order valence-corrected chi connectivity index (χ4v) is 1.80. The third kappa shape index (κ3) is 3.60. The lowest BCUT2D eigenvalue weighted by Gasteiger charge is -2.13. The number of carbonyl (C=O) groups is 1. The number of hydrogen-bond donors (Lipinski definition) is 0. The van der Waals surface area contributed by atoms with Gasteiger partial charge in [0.2, 0.25) is 5.90 Å². The number of halogens is 3. The van der Waals surface area contributed by atoms with Gasteiger partial charge in [-0.1, -0.05) is 0 Å². The van der Waals surface area contributed by atoms with Gasteiger partial charge in [-0.05, 0) is 18.2 Å². The van der Waals surface area contributed by atoms with E-state index >= 15 is 0 Å². The lowest BCUT2D eigenvalue weighted by atomic mass is 10.2. The van der Waals surface area contributed by atoms with Crippen molar-refractivity contribution in [3.05, 3.63) is 23.8 Å². The van der Waals surface area contributed by atoms with E-state index in [4.69, 9.17) is 9.47 Å². The van der Waals surface area contributed by atoms with Crippen LogP contribution in [0.5, 0.6) is 11.5 Å². The first-order valence-electron chi connectivity index (χ1n) is 6.06. The highest BCUT2D eigenvalue weighted by molar-refractivity contribution is 5.98. The molecular weight excluding hydrogens is 307 g/mol. The molecule has 0 bridgehead atoms. The zero-order valence-electron chi connectivity index (χ0n) is 11.6. The third-order valence-corrected chi connectivity index (χ3v) is 2.76. The van der Waals surface area contributed by atoms with Crippen LogP contribution in [-0.2, 0) is 14.3 Å². The summed E-state index contributed by atoms with van der Waals surface area (Å²) in [4.78, 5) is 15.3. The second kappa shape index (κ2) is 6.12. The van der Waals surface area contributed by atoms with Crippen LogP contribution in [0.15, 0.2) is 23.2 Å². The molecule has 120 valence electrons. The van der Waals surface area contributed by atoms with Crippen LogP contribution in [0, 0.1) is 0 Å². The zero-order chi connectivity index (χ0) is 16.3. The first-order valence-corrected chi connectivity index (χ1v) is 6.06. The number of rotatable bonds is 4. The molecule has 1 aliphatic rings. The summed E-state index contributed by atoms with van der Waals surface area (Å²) in [5, 5.41) is 0. The highest BCUT2D eigenvalue weighted by atomic mass is 19.4. The van der Waals surface area contributed by atoms with Crippen molar-refractivity contribution in [2.45, 2.75) is 12.4 Å². The van der Waals surface area contributed by atoms with Gasteiger partial charge in [-0.25, -0.2) is 9.79 Å². The molecule has 22 heavy (non-hydrogen) atoms. The van der Waals surface area contributed by atoms with Gasteiger partial charge in [-0.2, -0.15) is 0 Å². The summed E-state index contributed by atoms with van der Waals surface area (Å²) in [6.45, 7) is -0.0382. The van der Waals surface area contributed by atoms with Gasteiger partial charge in [0.05, 0.1) is 14.2 Å². The fraction of sp³-hybridized carbons (Fsp3) is 0.385. The topological polar surface area (TPSA) is 66.4 Å². The molecule has 0 N–H and O–H groups in total. The van der Waals surface area contributed by atoms with E-state index in [1.54, 1.807) is 0 Å². The van der Waals surface area contributed by atoms with Gasteiger partial charge in [0.25, 0.3) is 0 Å². The molecule has 6 nitrogen and oxygen atoms in total. The summed E-state index contributed by atoms with van der Waals surface area (Å²) in [6, 6.07) is 2.97. The minimum atomic E-state index is -4.86. The molecule has 9 heteroatoms. The SMILES string of the molecule is COC(=O)[C@H]1COC(c2ccc(OC)c(OC(F)(F)F)c2)=N1. The van der Waals surface area contributed by atoms with E-state index in [1.165, 1.54) is 26.4 Å². The predicted octanol–water partition coefficient (Wildman–Crippen LogP) is 1.91. The molecular formula is C13H12F3NO5. The number of ether oxygens (including phenoxy) is 4. The van der Waals surface area contributed by atoms with E-state index in [9.17, 15) is 18.0 Å². The largest absolute Gasteiger partial charge is 0.573 e. The second-order valence-corrected chi connectivity index (χ2v) is 4.20. The van der Waals surface area contributed by atoms with Crippen molar-refractivity contribution in [2.24, 2.45) is 4.99 Å². The van der Waals surface area contributed by atoms with E-state index in [2.05, 4.69) is 14.5 Å². The number of nitrogens with zero attached hydrogens (tertiary/aromatic N) is 1. The molecule has 0 amide bonds. The minimum absolute atomic E-state index is 0.0325. The van der Waals surface area contributed by atoms with E-state index in [0.717, 1.165) is 6.07 Å². The minimum Gasteiger partial charge on any atom is -0.493 e.